The second-order valence-corrected chi connectivity index (χ2v) is 4.72. The van der Waals surface area contributed by atoms with Gasteiger partial charge in [0.2, 0.25) is 0 Å². The van der Waals surface area contributed by atoms with Crippen LogP contribution in [0, 0.1) is 0 Å². The van der Waals surface area contributed by atoms with Crippen molar-refractivity contribution in [2.24, 2.45) is 0 Å². The average molecular weight is 306 g/mol. The van der Waals surface area contributed by atoms with Crippen LogP contribution >= 0.6 is 11.3 Å². The van der Waals surface area contributed by atoms with Gasteiger partial charge < -0.3 is 9.84 Å². The minimum Gasteiger partial charge on any atom is -0.475 e. The first-order valence-corrected chi connectivity index (χ1v) is 6.65. The van der Waals surface area contributed by atoms with E-state index in [-0.39, 0.29) is 17.4 Å². The molecular formula is C13H10N2O5S. The topological polar surface area (TPSA) is 106 Å². The van der Waals surface area contributed by atoms with Crippen molar-refractivity contribution in [2.45, 2.75) is 6.61 Å². The number of amides is 1. The maximum atomic E-state index is 11.5. The van der Waals surface area contributed by atoms with Crippen molar-refractivity contribution in [3.05, 3.63) is 47.0 Å². The van der Waals surface area contributed by atoms with Crippen molar-refractivity contribution in [1.82, 2.24) is 4.98 Å². The van der Waals surface area contributed by atoms with Crippen LogP contribution in [0.3, 0.4) is 0 Å². The molecule has 0 fully saturated rings. The predicted molar refractivity (Wildman–Crippen MR) is 74.3 cm³/mol. The number of rotatable bonds is 5. The molecule has 0 radical (unpaired) electrons. The Morgan fingerprint density at radius 1 is 1.24 bits per heavy atom. The number of hydrogen-bond donors (Lipinski definition) is 2. The van der Waals surface area contributed by atoms with Crippen LogP contribution in [0.25, 0.3) is 0 Å². The molecule has 0 unspecified atom stereocenters. The van der Waals surface area contributed by atoms with E-state index >= 15 is 0 Å². The Bertz CT molecular complexity index is 668. The van der Waals surface area contributed by atoms with E-state index in [0.717, 1.165) is 16.9 Å². The van der Waals surface area contributed by atoms with Gasteiger partial charge in [-0.05, 0) is 5.56 Å². The molecule has 0 aliphatic rings. The van der Waals surface area contributed by atoms with Gasteiger partial charge in [-0.15, -0.1) is 11.3 Å². The summed E-state index contributed by atoms with van der Waals surface area (Å²) in [5.74, 6) is -2.73. The van der Waals surface area contributed by atoms with Gasteiger partial charge in [0.05, 0.1) is 0 Å². The number of ketones is 1. The first-order chi connectivity index (χ1) is 10.1. The molecule has 21 heavy (non-hydrogen) atoms. The molecule has 0 aliphatic carbocycles. The number of hydrogen-bond acceptors (Lipinski definition) is 6. The van der Waals surface area contributed by atoms with Crippen molar-refractivity contribution in [3.8, 4) is 0 Å². The summed E-state index contributed by atoms with van der Waals surface area (Å²) in [4.78, 5) is 36.9. The second-order valence-electron chi connectivity index (χ2n) is 3.86. The van der Waals surface area contributed by atoms with Crippen molar-refractivity contribution >= 4 is 34.3 Å². The number of anilines is 1. The molecule has 1 amide bonds. The van der Waals surface area contributed by atoms with Gasteiger partial charge >= 0.3 is 12.1 Å². The fraction of sp³-hybridized carbons (Fsp3) is 0.0769. The van der Waals surface area contributed by atoms with E-state index in [1.807, 2.05) is 18.2 Å². The van der Waals surface area contributed by atoms with Crippen LogP contribution in [-0.2, 0) is 16.1 Å². The Morgan fingerprint density at radius 2 is 1.95 bits per heavy atom. The van der Waals surface area contributed by atoms with Crippen LogP contribution in [0.4, 0.5) is 9.93 Å². The first kappa shape index (κ1) is 14.7. The number of Topliss-reactive ketones (excluding diaryl/α,β-unsaturated/α-hetero) is 1. The lowest BCUT2D eigenvalue weighted by molar-refractivity contribution is -0.131. The number of carbonyl (C=O) groups excluding carboxylic acids is 2. The second kappa shape index (κ2) is 6.62. The number of nitrogens with zero attached hydrogens (tertiary/aromatic N) is 1. The Morgan fingerprint density at radius 3 is 2.62 bits per heavy atom. The Balaban J connectivity index is 1.88. The van der Waals surface area contributed by atoms with Gasteiger partial charge in [-0.25, -0.2) is 14.6 Å². The summed E-state index contributed by atoms with van der Waals surface area (Å²) < 4.78 is 4.96. The van der Waals surface area contributed by atoms with Gasteiger partial charge in [0.25, 0.3) is 5.78 Å². The summed E-state index contributed by atoms with van der Waals surface area (Å²) >= 11 is 0.938. The maximum Gasteiger partial charge on any atom is 0.413 e. The van der Waals surface area contributed by atoms with E-state index in [2.05, 4.69) is 10.3 Å². The fourth-order valence-electron chi connectivity index (χ4n) is 1.39. The third-order valence-electron chi connectivity index (χ3n) is 2.35. The third-order valence-corrected chi connectivity index (χ3v) is 3.11. The van der Waals surface area contributed by atoms with Gasteiger partial charge in [-0.2, -0.15) is 0 Å². The van der Waals surface area contributed by atoms with Crippen molar-refractivity contribution in [3.63, 3.8) is 0 Å². The molecule has 7 nitrogen and oxygen atoms in total. The highest BCUT2D eigenvalue weighted by atomic mass is 32.1. The largest absolute Gasteiger partial charge is 0.475 e. The highest BCUT2D eigenvalue weighted by molar-refractivity contribution is 7.14. The van der Waals surface area contributed by atoms with E-state index < -0.39 is 17.8 Å². The van der Waals surface area contributed by atoms with Gasteiger partial charge in [-0.1, -0.05) is 30.3 Å². The minimum atomic E-state index is -1.60. The molecule has 1 heterocycles. The van der Waals surface area contributed by atoms with Crippen molar-refractivity contribution < 1.29 is 24.2 Å². The Labute approximate surface area is 123 Å². The molecule has 2 rings (SSSR count). The van der Waals surface area contributed by atoms with Crippen molar-refractivity contribution in [1.29, 1.82) is 0 Å². The monoisotopic (exact) mass is 306 g/mol. The summed E-state index contributed by atoms with van der Waals surface area (Å²) in [7, 11) is 0. The number of benzene rings is 1. The van der Waals surface area contributed by atoms with Crippen LogP contribution in [0.5, 0.6) is 0 Å². The van der Waals surface area contributed by atoms with E-state index in [9.17, 15) is 14.4 Å². The lowest BCUT2D eigenvalue weighted by Crippen LogP contribution is -2.15. The van der Waals surface area contributed by atoms with E-state index in [4.69, 9.17) is 9.84 Å². The van der Waals surface area contributed by atoms with Crippen LogP contribution in [-0.4, -0.2) is 27.9 Å². The fourth-order valence-corrected chi connectivity index (χ4v) is 2.07. The van der Waals surface area contributed by atoms with E-state index in [1.54, 1.807) is 12.1 Å². The van der Waals surface area contributed by atoms with Gasteiger partial charge in [-0.3, -0.25) is 10.1 Å². The highest BCUT2D eigenvalue weighted by Crippen LogP contribution is 2.16. The molecule has 0 bridgehead atoms. The van der Waals surface area contributed by atoms with Crippen LogP contribution in [0.1, 0.15) is 16.1 Å². The lowest BCUT2D eigenvalue weighted by Gasteiger charge is -2.04. The molecule has 2 N–H and O–H groups in total. The molecule has 1 aromatic carbocycles. The number of aliphatic carboxylic acids is 1. The van der Waals surface area contributed by atoms with E-state index in [0.29, 0.717) is 0 Å². The number of thiazole rings is 1. The zero-order chi connectivity index (χ0) is 15.2. The molecule has 8 heteroatoms. The molecule has 0 saturated heterocycles. The smallest absolute Gasteiger partial charge is 0.413 e. The van der Waals surface area contributed by atoms with Gasteiger partial charge in [0.1, 0.15) is 12.3 Å². The van der Waals surface area contributed by atoms with Crippen molar-refractivity contribution in [2.75, 3.05) is 5.32 Å². The molecule has 0 aliphatic heterocycles. The third kappa shape index (κ3) is 4.11. The number of ether oxygens (including phenoxy) is 1. The molecule has 0 spiro atoms. The Hall–Kier alpha value is -2.74. The van der Waals surface area contributed by atoms with Gasteiger partial charge in [0, 0.05) is 5.38 Å². The molecule has 0 saturated carbocycles. The standard InChI is InChI=1S/C13H10N2O5S/c16-10(11(17)18)9-7-21-12(14-9)15-13(19)20-6-8-4-2-1-3-5-8/h1-5,7H,6H2,(H,17,18)(H,14,15,19). The van der Waals surface area contributed by atoms with E-state index in [1.165, 1.54) is 5.38 Å². The summed E-state index contributed by atoms with van der Waals surface area (Å²) in [6.07, 6.45) is -0.734. The molecule has 0 atom stereocenters. The van der Waals surface area contributed by atoms with Crippen LogP contribution < -0.4 is 5.32 Å². The summed E-state index contributed by atoms with van der Waals surface area (Å²) in [5, 5.41) is 12.2. The zero-order valence-corrected chi connectivity index (χ0v) is 11.4. The van der Waals surface area contributed by atoms with Crippen LogP contribution in [0.2, 0.25) is 0 Å². The first-order valence-electron chi connectivity index (χ1n) is 5.77. The molecular weight excluding hydrogens is 296 g/mol. The SMILES string of the molecule is O=C(Nc1nc(C(=O)C(=O)O)cs1)OCc1ccccc1. The number of carbonyl (C=O) groups is 3. The minimum absolute atomic E-state index is 0.0951. The molecule has 108 valence electrons. The van der Waals surface area contributed by atoms with Gasteiger partial charge in [0.15, 0.2) is 5.13 Å². The molecule has 1 aromatic heterocycles. The quantitative estimate of drug-likeness (QED) is 0.647. The summed E-state index contributed by atoms with van der Waals surface area (Å²) in [5.41, 5.74) is 0.597. The zero-order valence-electron chi connectivity index (χ0n) is 10.6. The highest BCUT2D eigenvalue weighted by Gasteiger charge is 2.18. The number of carboxylic acids is 1. The summed E-state index contributed by atoms with van der Waals surface area (Å²) in [6, 6.07) is 9.10. The maximum absolute atomic E-state index is 11.5. The predicted octanol–water partition coefficient (Wildman–Crippen LogP) is 2.16. The number of aromatic nitrogens is 1. The normalized spacial score (nSPS) is 9.90. The lowest BCUT2D eigenvalue weighted by atomic mass is 10.2. The molecule has 2 aromatic rings. The number of carboxylic acid groups (broad SMARTS) is 1. The Kier molecular flexibility index (Phi) is 4.62. The average Bonchev–Trinajstić information content (AvgIpc) is 2.93. The summed E-state index contributed by atoms with van der Waals surface area (Å²) in [6.45, 7) is 0.0962. The van der Waals surface area contributed by atoms with Crippen LogP contribution in [0.15, 0.2) is 35.7 Å². The number of nitrogens with one attached hydrogen (secondary N) is 1.